The van der Waals surface area contributed by atoms with Gasteiger partial charge in [-0.2, -0.15) is 0 Å². The van der Waals surface area contributed by atoms with Gasteiger partial charge in [-0.15, -0.1) is 0 Å². The zero-order valence-corrected chi connectivity index (χ0v) is 27.2. The Hall–Kier alpha value is -4.57. The van der Waals surface area contributed by atoms with Crippen LogP contribution >= 0.6 is 0 Å². The third-order valence-corrected chi connectivity index (χ3v) is 9.65. The number of aliphatic imine (C=N–C) groups is 3. The number of aliphatic hydroxyl groups is 2. The highest BCUT2D eigenvalue weighted by atomic mass is 16.6. The van der Waals surface area contributed by atoms with Crippen LogP contribution in [-0.4, -0.2) is 59.1 Å². The molecule has 5 aliphatic heterocycles. The molecular weight excluding hydrogens is 584 g/mol. The van der Waals surface area contributed by atoms with Gasteiger partial charge in [0.25, 0.3) is 0 Å². The molecule has 6 rings (SSSR count). The fourth-order valence-corrected chi connectivity index (χ4v) is 7.04. The number of ether oxygens (including phenoxy) is 2. The van der Waals surface area contributed by atoms with Gasteiger partial charge in [0, 0.05) is 59.7 Å². The van der Waals surface area contributed by atoms with Crippen molar-refractivity contribution in [2.75, 3.05) is 19.8 Å². The predicted octanol–water partition coefficient (Wildman–Crippen LogP) is 5.54. The summed E-state index contributed by atoms with van der Waals surface area (Å²) in [4.78, 5) is 38.8. The lowest BCUT2D eigenvalue weighted by Crippen LogP contribution is -2.17. The van der Waals surface area contributed by atoms with E-state index in [1.54, 1.807) is 0 Å². The maximum absolute atomic E-state index is 12.7. The minimum atomic E-state index is -0.422. The number of carbonyl (C=O) groups excluding carboxylic acids is 2. The third-order valence-electron chi connectivity index (χ3n) is 9.65. The third kappa shape index (κ3) is 5.44. The molecule has 0 aromatic carbocycles. The van der Waals surface area contributed by atoms with Crippen molar-refractivity contribution in [3.05, 3.63) is 91.5 Å². The molecule has 0 spiro atoms. The molecule has 3 N–H and O–H groups in total. The number of allylic oxidation sites excluding steroid dienone is 11. The van der Waals surface area contributed by atoms with E-state index in [1.807, 2.05) is 32.1 Å². The Balaban J connectivity index is 1.45. The number of esters is 2. The number of fused-ring (bicyclic) bond motifs is 5. The molecule has 0 unspecified atom stereocenters. The van der Waals surface area contributed by atoms with Crippen LogP contribution < -0.4 is 5.32 Å². The molecule has 0 amide bonds. The minimum absolute atomic E-state index is 0.00549. The highest BCUT2D eigenvalue weighted by molar-refractivity contribution is 6.21. The van der Waals surface area contributed by atoms with Crippen molar-refractivity contribution in [2.24, 2.45) is 26.8 Å². The summed E-state index contributed by atoms with van der Waals surface area (Å²) in [6.07, 6.45) is 7.77. The molecule has 1 aliphatic carbocycles. The number of hydrogen-bond acceptors (Lipinski definition) is 10. The zero-order chi connectivity index (χ0) is 32.9. The molecule has 1 fully saturated rings. The summed E-state index contributed by atoms with van der Waals surface area (Å²) < 4.78 is 10.2. The van der Waals surface area contributed by atoms with Crippen LogP contribution in [0.15, 0.2) is 106 Å². The average molecular weight is 625 g/mol. The van der Waals surface area contributed by atoms with Gasteiger partial charge in [-0.05, 0) is 74.1 Å². The Morgan fingerprint density at radius 2 is 1.63 bits per heavy atom. The van der Waals surface area contributed by atoms with Crippen LogP contribution in [0.2, 0.25) is 0 Å². The van der Waals surface area contributed by atoms with Crippen molar-refractivity contribution >= 4 is 29.1 Å². The van der Waals surface area contributed by atoms with Gasteiger partial charge in [0.1, 0.15) is 19.0 Å². The van der Waals surface area contributed by atoms with Gasteiger partial charge in [-0.3, -0.25) is 9.59 Å². The van der Waals surface area contributed by atoms with Crippen molar-refractivity contribution in [1.82, 2.24) is 5.32 Å². The van der Waals surface area contributed by atoms with E-state index in [9.17, 15) is 19.8 Å². The van der Waals surface area contributed by atoms with Crippen molar-refractivity contribution in [3.63, 3.8) is 0 Å². The molecule has 8 bridgehead atoms. The van der Waals surface area contributed by atoms with E-state index in [2.05, 4.69) is 26.1 Å². The fraction of sp³-hybridized carbons (Fsp3) is 0.417. The minimum Gasteiger partial charge on any atom is -0.511 e. The number of nitrogens with zero attached hydrogens (tertiary/aromatic N) is 3. The zero-order valence-electron chi connectivity index (χ0n) is 27.2. The van der Waals surface area contributed by atoms with Gasteiger partial charge in [0.05, 0.1) is 40.8 Å². The molecule has 5 heterocycles. The molecule has 0 aromatic heterocycles. The van der Waals surface area contributed by atoms with E-state index >= 15 is 0 Å². The first-order valence-corrected chi connectivity index (χ1v) is 15.9. The van der Waals surface area contributed by atoms with E-state index < -0.39 is 5.97 Å². The first kappa shape index (κ1) is 31.4. The highest BCUT2D eigenvalue weighted by Crippen LogP contribution is 2.46. The van der Waals surface area contributed by atoms with Gasteiger partial charge in [-0.1, -0.05) is 13.8 Å². The molecule has 6 aliphatic rings. The second kappa shape index (κ2) is 12.3. The lowest BCUT2D eigenvalue weighted by molar-refractivity contribution is -0.151. The Morgan fingerprint density at radius 3 is 2.33 bits per heavy atom. The van der Waals surface area contributed by atoms with Crippen molar-refractivity contribution in [2.45, 2.75) is 67.2 Å². The molecule has 240 valence electrons. The monoisotopic (exact) mass is 624 g/mol. The van der Waals surface area contributed by atoms with Crippen LogP contribution in [-0.2, 0) is 19.1 Å². The lowest BCUT2D eigenvalue weighted by Gasteiger charge is -2.17. The van der Waals surface area contributed by atoms with Crippen LogP contribution in [0, 0.1) is 11.8 Å². The van der Waals surface area contributed by atoms with Crippen LogP contribution in [0.1, 0.15) is 67.2 Å². The van der Waals surface area contributed by atoms with Gasteiger partial charge < -0.3 is 25.0 Å². The SMILES string of the molecule is CCC1=C(C)C2=NC1=CC1=C(C)C3=C(O)CC(=C4NC(=CC5=NC(=C2)C(CO)=C5C)[C@@H](C)[C@@H]4CCC(=O)OCCOC(C)=O)C3=N1. The van der Waals surface area contributed by atoms with E-state index in [4.69, 9.17) is 24.5 Å². The Kier molecular flexibility index (Phi) is 8.41. The topological polar surface area (TPSA) is 142 Å². The summed E-state index contributed by atoms with van der Waals surface area (Å²) in [7, 11) is 0. The summed E-state index contributed by atoms with van der Waals surface area (Å²) in [6.45, 7) is 11.4. The molecule has 46 heavy (non-hydrogen) atoms. The highest BCUT2D eigenvalue weighted by Gasteiger charge is 2.41. The Labute approximate surface area is 268 Å². The first-order chi connectivity index (χ1) is 22.0. The standard InChI is InChI=1S/C36H40N4O6/c1-7-22-17(2)27-14-31-25(16-41)19(4)26(38-31)13-28-18(3)23(8-9-33(44)46-11-10-45-21(6)42)35(39-28)24-12-32(43)34-20(5)29(40-36(24)34)15-30(22)37-27/h13-15,18,23,39,41,43H,7-12,16H2,1-6H3/t18-,23-/m0/s1. The number of aliphatic hydroxyl groups excluding tert-OH is 2. The maximum Gasteiger partial charge on any atom is 0.305 e. The quantitative estimate of drug-likeness (QED) is 0.238. The van der Waals surface area contributed by atoms with E-state index in [0.717, 1.165) is 85.4 Å². The molecule has 10 nitrogen and oxygen atoms in total. The number of carbonyl (C=O) groups is 2. The van der Waals surface area contributed by atoms with Crippen molar-refractivity contribution < 1.29 is 29.3 Å². The van der Waals surface area contributed by atoms with Crippen LogP contribution in [0.25, 0.3) is 0 Å². The van der Waals surface area contributed by atoms with Gasteiger partial charge in [0.15, 0.2) is 0 Å². The average Bonchev–Trinajstić information content (AvgIpc) is 3.76. The van der Waals surface area contributed by atoms with E-state index in [-0.39, 0.29) is 49.8 Å². The fourth-order valence-electron chi connectivity index (χ4n) is 7.04. The van der Waals surface area contributed by atoms with Crippen molar-refractivity contribution in [1.29, 1.82) is 0 Å². The van der Waals surface area contributed by atoms with Gasteiger partial charge in [-0.25, -0.2) is 15.0 Å². The second-order valence-corrected chi connectivity index (χ2v) is 12.4. The number of nitrogens with one attached hydrogen (secondary N) is 1. The normalized spacial score (nSPS) is 23.5. The maximum atomic E-state index is 12.7. The summed E-state index contributed by atoms with van der Waals surface area (Å²) in [6, 6.07) is 0. The van der Waals surface area contributed by atoms with E-state index in [1.165, 1.54) is 6.92 Å². The summed E-state index contributed by atoms with van der Waals surface area (Å²) in [5.74, 6) is -0.622. The molecule has 0 radical (unpaired) electrons. The molecular formula is C36H40N4O6. The molecule has 10 heteroatoms. The van der Waals surface area contributed by atoms with Crippen LogP contribution in [0.4, 0.5) is 0 Å². The summed E-state index contributed by atoms with van der Waals surface area (Å²) in [5.41, 5.74) is 12.9. The molecule has 2 atom stereocenters. The molecule has 0 aromatic rings. The van der Waals surface area contributed by atoms with Gasteiger partial charge in [0.2, 0.25) is 0 Å². The second-order valence-electron chi connectivity index (χ2n) is 12.4. The first-order valence-electron chi connectivity index (χ1n) is 15.9. The van der Waals surface area contributed by atoms with Crippen molar-refractivity contribution in [3.8, 4) is 0 Å². The summed E-state index contributed by atoms with van der Waals surface area (Å²) in [5, 5.41) is 25.3. The van der Waals surface area contributed by atoms with Gasteiger partial charge >= 0.3 is 11.9 Å². The lowest BCUT2D eigenvalue weighted by atomic mass is 9.86. The number of rotatable bonds is 8. The summed E-state index contributed by atoms with van der Waals surface area (Å²) >= 11 is 0. The predicted molar refractivity (Wildman–Crippen MR) is 176 cm³/mol. The molecule has 0 saturated carbocycles. The Bertz CT molecular complexity index is 1800. The molecule has 1 saturated heterocycles. The smallest absolute Gasteiger partial charge is 0.305 e. The van der Waals surface area contributed by atoms with Crippen LogP contribution in [0.5, 0.6) is 0 Å². The Morgan fingerprint density at radius 1 is 0.957 bits per heavy atom. The van der Waals surface area contributed by atoms with Crippen LogP contribution in [0.3, 0.4) is 0 Å². The van der Waals surface area contributed by atoms with E-state index in [0.29, 0.717) is 18.5 Å². The largest absolute Gasteiger partial charge is 0.511 e. The number of hydrogen-bond donors (Lipinski definition) is 3.